The standard InChI is InChI=1S/C47H82NO9P/c1-3-5-7-9-11-13-14-15-16-17-18-19-20-21-22-24-26-30-34-38-46(50)54-42-45(43-56-58(52,53)55-41-40-48)57-47(51)39-35-31-27-29-33-37-44(49)36-32-28-25-23-12-10-8-6-4-2/h11-13,15-16,23,27-29,32-33,37,44-45,49H,3-10,14,17-22,24-26,30-31,34-36,38-43,48H2,1-2H3,(H,52,53)/b13-11-,16-15-,23-12-,29-27+,32-28-,37-33-/t44?,45-/m1/s1. The minimum absolute atomic E-state index is 0.0272. The first kappa shape index (κ1) is 55.4. The van der Waals surface area contributed by atoms with E-state index in [0.717, 1.165) is 44.9 Å². The number of carbonyl (C=O) groups is 2. The molecule has 11 heteroatoms. The second-order valence-electron chi connectivity index (χ2n) is 14.8. The van der Waals surface area contributed by atoms with Crippen LogP contribution < -0.4 is 5.73 Å². The summed E-state index contributed by atoms with van der Waals surface area (Å²) in [6.45, 7) is 3.50. The van der Waals surface area contributed by atoms with Gasteiger partial charge in [0.25, 0.3) is 0 Å². The van der Waals surface area contributed by atoms with Crippen LogP contribution in [0, 0.1) is 0 Å². The zero-order chi connectivity index (χ0) is 42.6. The normalized spacial score (nSPS) is 14.5. The first-order valence-corrected chi connectivity index (χ1v) is 24.0. The average molecular weight is 836 g/mol. The van der Waals surface area contributed by atoms with Gasteiger partial charge in [0.1, 0.15) is 6.61 Å². The van der Waals surface area contributed by atoms with E-state index in [-0.39, 0.29) is 32.6 Å². The second kappa shape index (κ2) is 42.5. The maximum absolute atomic E-state index is 12.6. The predicted octanol–water partition coefficient (Wildman–Crippen LogP) is 12.0. The molecular weight excluding hydrogens is 753 g/mol. The van der Waals surface area contributed by atoms with Gasteiger partial charge in [0, 0.05) is 19.4 Å². The Balaban J connectivity index is 4.31. The van der Waals surface area contributed by atoms with Crippen molar-refractivity contribution < 1.29 is 42.7 Å². The first-order valence-electron chi connectivity index (χ1n) is 22.5. The number of nitrogens with two attached hydrogens (primary N) is 1. The van der Waals surface area contributed by atoms with Gasteiger partial charge in [0.15, 0.2) is 6.10 Å². The van der Waals surface area contributed by atoms with E-state index in [1.165, 1.54) is 77.0 Å². The highest BCUT2D eigenvalue weighted by Crippen LogP contribution is 2.43. The van der Waals surface area contributed by atoms with E-state index < -0.39 is 38.6 Å². The highest BCUT2D eigenvalue weighted by atomic mass is 31.2. The number of allylic oxidation sites excluding steroid dienone is 10. The van der Waals surface area contributed by atoms with Gasteiger partial charge in [-0.1, -0.05) is 157 Å². The number of hydrogen-bond acceptors (Lipinski definition) is 9. The number of phosphoric ester groups is 1. The van der Waals surface area contributed by atoms with Crippen molar-refractivity contribution in [3.63, 3.8) is 0 Å². The summed E-state index contributed by atoms with van der Waals surface area (Å²) in [7, 11) is -4.42. The maximum Gasteiger partial charge on any atom is 0.472 e. The molecule has 10 nitrogen and oxygen atoms in total. The molecule has 0 saturated carbocycles. The molecule has 334 valence electrons. The van der Waals surface area contributed by atoms with Crippen LogP contribution in [0.2, 0.25) is 0 Å². The lowest BCUT2D eigenvalue weighted by molar-refractivity contribution is -0.161. The molecule has 0 aliphatic carbocycles. The lowest BCUT2D eigenvalue weighted by Gasteiger charge is -2.19. The molecule has 0 aromatic rings. The van der Waals surface area contributed by atoms with E-state index in [9.17, 15) is 24.2 Å². The van der Waals surface area contributed by atoms with Gasteiger partial charge in [-0.25, -0.2) is 4.57 Å². The molecule has 0 bridgehead atoms. The number of aliphatic hydroxyl groups excluding tert-OH is 1. The highest BCUT2D eigenvalue weighted by molar-refractivity contribution is 7.47. The number of ether oxygens (including phenoxy) is 2. The topological polar surface area (TPSA) is 155 Å². The third-order valence-corrected chi connectivity index (χ3v) is 10.1. The van der Waals surface area contributed by atoms with Crippen LogP contribution >= 0.6 is 7.82 Å². The molecule has 2 unspecified atom stereocenters. The molecular formula is C47H82NO9P. The molecule has 0 radical (unpaired) electrons. The van der Waals surface area contributed by atoms with Gasteiger partial charge in [0.05, 0.1) is 19.3 Å². The van der Waals surface area contributed by atoms with Crippen molar-refractivity contribution in [2.24, 2.45) is 5.73 Å². The quantitative estimate of drug-likeness (QED) is 0.0178. The molecule has 0 aromatic carbocycles. The Bertz CT molecular complexity index is 1200. The summed E-state index contributed by atoms with van der Waals surface area (Å²) >= 11 is 0. The Kier molecular flexibility index (Phi) is 40.6. The van der Waals surface area contributed by atoms with Crippen LogP contribution in [0.15, 0.2) is 72.9 Å². The molecule has 4 N–H and O–H groups in total. The number of hydrogen-bond donors (Lipinski definition) is 3. The van der Waals surface area contributed by atoms with Crippen LogP contribution in [0.25, 0.3) is 0 Å². The monoisotopic (exact) mass is 836 g/mol. The number of unbranched alkanes of at least 4 members (excludes halogenated alkanes) is 16. The Hall–Kier alpha value is -2.59. The molecule has 0 fully saturated rings. The van der Waals surface area contributed by atoms with Crippen LogP contribution in [0.5, 0.6) is 0 Å². The number of esters is 2. The molecule has 0 aliphatic rings. The summed E-state index contributed by atoms with van der Waals surface area (Å²) in [5.41, 5.74) is 5.34. The SMILES string of the molecule is CCCCC/C=C\C/C=C\CCCCCCCCCCCC(=O)OC[C@H](COP(=O)(O)OCCN)OC(=O)CCC/C=C/C=C\C(O)C/C=C\C/C=C\CCCCC. The van der Waals surface area contributed by atoms with Crippen molar-refractivity contribution in [1.82, 2.24) is 0 Å². The van der Waals surface area contributed by atoms with Gasteiger partial charge in [-0.05, 0) is 77.0 Å². The summed E-state index contributed by atoms with van der Waals surface area (Å²) in [6.07, 6.45) is 48.2. The van der Waals surface area contributed by atoms with Crippen molar-refractivity contribution in [2.75, 3.05) is 26.4 Å². The van der Waals surface area contributed by atoms with Crippen molar-refractivity contribution in [2.45, 2.75) is 187 Å². The van der Waals surface area contributed by atoms with Crippen LogP contribution in [0.1, 0.15) is 174 Å². The fraction of sp³-hybridized carbons (Fsp3) is 0.702. The van der Waals surface area contributed by atoms with Gasteiger partial charge < -0.3 is 25.2 Å². The molecule has 3 atom stereocenters. The molecule has 0 heterocycles. The zero-order valence-electron chi connectivity index (χ0n) is 36.4. The summed E-state index contributed by atoms with van der Waals surface area (Å²) in [6, 6.07) is 0. The first-order chi connectivity index (χ1) is 28.2. The van der Waals surface area contributed by atoms with Crippen LogP contribution in [-0.2, 0) is 32.7 Å². The number of rotatable bonds is 41. The lowest BCUT2D eigenvalue weighted by Crippen LogP contribution is -2.29. The van der Waals surface area contributed by atoms with E-state index in [4.69, 9.17) is 24.3 Å². The van der Waals surface area contributed by atoms with Gasteiger partial charge in [0.2, 0.25) is 0 Å². The van der Waals surface area contributed by atoms with Crippen LogP contribution in [0.3, 0.4) is 0 Å². The van der Waals surface area contributed by atoms with Gasteiger partial charge >= 0.3 is 19.8 Å². The summed E-state index contributed by atoms with van der Waals surface area (Å²) in [4.78, 5) is 34.9. The van der Waals surface area contributed by atoms with Crippen molar-refractivity contribution >= 4 is 19.8 Å². The lowest BCUT2D eigenvalue weighted by atomic mass is 10.1. The van der Waals surface area contributed by atoms with E-state index in [2.05, 4.69) is 56.4 Å². The van der Waals surface area contributed by atoms with Gasteiger partial charge in [-0.15, -0.1) is 0 Å². The summed E-state index contributed by atoms with van der Waals surface area (Å²) in [5.74, 6) is -0.968. The average Bonchev–Trinajstić information content (AvgIpc) is 3.21. The van der Waals surface area contributed by atoms with Crippen molar-refractivity contribution in [3.8, 4) is 0 Å². The molecule has 0 aromatic heterocycles. The van der Waals surface area contributed by atoms with E-state index in [1.807, 2.05) is 18.2 Å². The minimum Gasteiger partial charge on any atom is -0.462 e. The fourth-order valence-corrected chi connectivity index (χ4v) is 6.50. The highest BCUT2D eigenvalue weighted by Gasteiger charge is 2.26. The largest absolute Gasteiger partial charge is 0.472 e. The van der Waals surface area contributed by atoms with Gasteiger partial charge in [-0.2, -0.15) is 0 Å². The molecule has 58 heavy (non-hydrogen) atoms. The Morgan fingerprint density at radius 2 is 1.12 bits per heavy atom. The zero-order valence-corrected chi connectivity index (χ0v) is 37.3. The molecule has 0 rings (SSSR count). The van der Waals surface area contributed by atoms with E-state index >= 15 is 0 Å². The third kappa shape index (κ3) is 41.6. The second-order valence-corrected chi connectivity index (χ2v) is 16.2. The molecule has 0 saturated heterocycles. The predicted molar refractivity (Wildman–Crippen MR) is 239 cm³/mol. The van der Waals surface area contributed by atoms with Gasteiger partial charge in [-0.3, -0.25) is 18.6 Å². The van der Waals surface area contributed by atoms with Crippen molar-refractivity contribution in [3.05, 3.63) is 72.9 Å². The summed E-state index contributed by atoms with van der Waals surface area (Å²) in [5, 5.41) is 10.1. The van der Waals surface area contributed by atoms with Crippen LogP contribution in [0.4, 0.5) is 0 Å². The number of phosphoric acid groups is 1. The maximum atomic E-state index is 12.6. The van der Waals surface area contributed by atoms with E-state index in [0.29, 0.717) is 25.7 Å². The van der Waals surface area contributed by atoms with Crippen LogP contribution in [-0.4, -0.2) is 60.5 Å². The minimum atomic E-state index is -4.42. The molecule has 0 amide bonds. The molecule has 0 aliphatic heterocycles. The number of carbonyl (C=O) groups excluding carboxylic acids is 2. The fourth-order valence-electron chi connectivity index (χ4n) is 5.74. The Labute approximate surface area is 353 Å². The summed E-state index contributed by atoms with van der Waals surface area (Å²) < 4.78 is 32.7. The number of aliphatic hydroxyl groups is 1. The van der Waals surface area contributed by atoms with E-state index in [1.54, 1.807) is 12.2 Å². The Morgan fingerprint density at radius 3 is 1.71 bits per heavy atom. The smallest absolute Gasteiger partial charge is 0.462 e. The Morgan fingerprint density at radius 1 is 0.603 bits per heavy atom. The van der Waals surface area contributed by atoms with Crippen molar-refractivity contribution in [1.29, 1.82) is 0 Å². The third-order valence-electron chi connectivity index (χ3n) is 9.15. The molecule has 0 spiro atoms.